The molecule has 0 fully saturated rings. The van der Waals surface area contributed by atoms with E-state index in [1.54, 1.807) is 0 Å². The number of pyridine rings is 2. The second kappa shape index (κ2) is 5.17. The summed E-state index contributed by atoms with van der Waals surface area (Å²) in [4.78, 5) is 9.48. The molecule has 1 aliphatic carbocycles. The topological polar surface area (TPSA) is 25.8 Å². The van der Waals surface area contributed by atoms with Crippen molar-refractivity contribution in [1.82, 2.24) is 9.97 Å². The van der Waals surface area contributed by atoms with Gasteiger partial charge in [-0.15, -0.1) is 0 Å². The number of hydrogen-bond donors (Lipinski definition) is 0. The molecule has 3 heteroatoms. The van der Waals surface area contributed by atoms with Gasteiger partial charge in [-0.2, -0.15) is 0 Å². The minimum Gasteiger partial charge on any atom is -0.261 e. The Labute approximate surface area is 138 Å². The van der Waals surface area contributed by atoms with Gasteiger partial charge >= 0.3 is 0 Å². The van der Waals surface area contributed by atoms with Crippen LogP contribution >= 0.6 is 15.9 Å². The molecule has 0 amide bonds. The van der Waals surface area contributed by atoms with Crippen LogP contribution in [0.5, 0.6) is 0 Å². The van der Waals surface area contributed by atoms with E-state index in [1.807, 2.05) is 12.3 Å². The van der Waals surface area contributed by atoms with Crippen molar-refractivity contribution in [3.63, 3.8) is 0 Å². The van der Waals surface area contributed by atoms with Crippen LogP contribution in [0, 0.1) is 0 Å². The highest BCUT2D eigenvalue weighted by Gasteiger charge is 2.37. The molecule has 0 N–H and O–H groups in total. The number of halogens is 1. The van der Waals surface area contributed by atoms with Crippen molar-refractivity contribution in [3.8, 4) is 0 Å². The summed E-state index contributed by atoms with van der Waals surface area (Å²) < 4.78 is 1.10. The smallest absolute Gasteiger partial charge is 0.0706 e. The minimum absolute atomic E-state index is 0.342. The number of fused-ring (bicyclic) bond motifs is 2. The molecular formula is C19H17BrN2. The van der Waals surface area contributed by atoms with E-state index in [0.717, 1.165) is 22.8 Å². The molecule has 2 nitrogen and oxygen atoms in total. The van der Waals surface area contributed by atoms with Gasteiger partial charge in [-0.3, -0.25) is 9.97 Å². The third-order valence-corrected chi connectivity index (χ3v) is 4.96. The standard InChI is InChI=1S/C19H17BrN2/c1-3-11-7-13(10-21-16(11)4-2)18-15-9-12-8-14(20)5-6-17(12)22-19(15)18/h5-10,18H,3-4H2,1-2H3. The van der Waals surface area contributed by atoms with E-state index in [0.29, 0.717) is 5.92 Å². The first-order chi connectivity index (χ1) is 10.7. The van der Waals surface area contributed by atoms with Crippen LogP contribution in [0.4, 0.5) is 0 Å². The van der Waals surface area contributed by atoms with Crippen LogP contribution in [0.1, 0.15) is 47.8 Å². The molecule has 3 aromatic rings. The molecule has 0 radical (unpaired) electrons. The fourth-order valence-electron chi connectivity index (χ4n) is 3.23. The van der Waals surface area contributed by atoms with Crippen LogP contribution in [-0.4, -0.2) is 9.97 Å². The average molecular weight is 353 g/mol. The third kappa shape index (κ3) is 2.15. The maximum Gasteiger partial charge on any atom is 0.0706 e. The van der Waals surface area contributed by atoms with Gasteiger partial charge in [0.25, 0.3) is 0 Å². The molecule has 1 atom stereocenters. The molecule has 110 valence electrons. The van der Waals surface area contributed by atoms with Crippen molar-refractivity contribution in [3.05, 3.63) is 69.1 Å². The largest absolute Gasteiger partial charge is 0.261 e. The first-order valence-electron chi connectivity index (χ1n) is 7.79. The van der Waals surface area contributed by atoms with Gasteiger partial charge in [0.05, 0.1) is 17.1 Å². The lowest BCUT2D eigenvalue weighted by atomic mass is 10.0. The van der Waals surface area contributed by atoms with Crippen molar-refractivity contribution >= 4 is 26.8 Å². The highest BCUT2D eigenvalue weighted by Crippen LogP contribution is 2.48. The van der Waals surface area contributed by atoms with Crippen LogP contribution in [0.3, 0.4) is 0 Å². The molecule has 22 heavy (non-hydrogen) atoms. The number of benzene rings is 1. The van der Waals surface area contributed by atoms with Crippen LogP contribution in [0.25, 0.3) is 10.9 Å². The second-order valence-electron chi connectivity index (χ2n) is 5.81. The van der Waals surface area contributed by atoms with Crippen LogP contribution < -0.4 is 0 Å². The number of rotatable bonds is 3. The van der Waals surface area contributed by atoms with Crippen molar-refractivity contribution < 1.29 is 0 Å². The lowest BCUT2D eigenvalue weighted by molar-refractivity contribution is 0.944. The minimum atomic E-state index is 0.342. The summed E-state index contributed by atoms with van der Waals surface area (Å²) in [5.41, 5.74) is 7.49. The zero-order valence-corrected chi connectivity index (χ0v) is 14.3. The number of aryl methyl sites for hydroxylation is 2. The molecule has 0 spiro atoms. The van der Waals surface area contributed by atoms with Crippen LogP contribution in [-0.2, 0) is 12.8 Å². The molecule has 2 aromatic heterocycles. The third-order valence-electron chi connectivity index (χ3n) is 4.47. The Hall–Kier alpha value is -1.74. The molecular weight excluding hydrogens is 336 g/mol. The quantitative estimate of drug-likeness (QED) is 0.517. The molecule has 0 saturated heterocycles. The van der Waals surface area contributed by atoms with Gasteiger partial charge in [0, 0.05) is 21.7 Å². The molecule has 1 aliphatic rings. The Kier molecular flexibility index (Phi) is 3.26. The SMILES string of the molecule is CCc1cc(C2c3cc4cc(Br)ccc4nc32)cnc1CC. The fraction of sp³-hybridized carbons (Fsp3) is 0.263. The van der Waals surface area contributed by atoms with E-state index < -0.39 is 0 Å². The average Bonchev–Trinajstić information content (AvgIpc) is 3.24. The summed E-state index contributed by atoms with van der Waals surface area (Å²) in [6.45, 7) is 4.36. The van der Waals surface area contributed by atoms with Crippen molar-refractivity contribution in [1.29, 1.82) is 0 Å². The van der Waals surface area contributed by atoms with Crippen LogP contribution in [0.15, 0.2) is 41.0 Å². The Balaban J connectivity index is 1.76. The monoisotopic (exact) mass is 352 g/mol. The van der Waals surface area contributed by atoms with E-state index in [2.05, 4.69) is 59.0 Å². The molecule has 1 aromatic carbocycles. The van der Waals surface area contributed by atoms with E-state index in [-0.39, 0.29) is 0 Å². The zero-order valence-electron chi connectivity index (χ0n) is 12.7. The Morgan fingerprint density at radius 1 is 1.09 bits per heavy atom. The molecule has 0 saturated carbocycles. The highest BCUT2D eigenvalue weighted by molar-refractivity contribution is 9.10. The first-order valence-corrected chi connectivity index (χ1v) is 8.58. The molecule has 1 unspecified atom stereocenters. The maximum atomic E-state index is 4.82. The van der Waals surface area contributed by atoms with Gasteiger partial charge in [-0.25, -0.2) is 0 Å². The van der Waals surface area contributed by atoms with Gasteiger partial charge in [0.2, 0.25) is 0 Å². The molecule has 0 aliphatic heterocycles. The Bertz CT molecular complexity index is 886. The second-order valence-corrected chi connectivity index (χ2v) is 6.73. The fourth-order valence-corrected chi connectivity index (χ4v) is 3.61. The first kappa shape index (κ1) is 13.9. The number of hydrogen-bond acceptors (Lipinski definition) is 2. The van der Waals surface area contributed by atoms with Gasteiger partial charge in [0.1, 0.15) is 0 Å². The number of nitrogens with zero attached hydrogens (tertiary/aromatic N) is 2. The van der Waals surface area contributed by atoms with Gasteiger partial charge in [0.15, 0.2) is 0 Å². The maximum absolute atomic E-state index is 4.82. The lowest BCUT2D eigenvalue weighted by Crippen LogP contribution is -1.97. The molecule has 0 bridgehead atoms. The van der Waals surface area contributed by atoms with Gasteiger partial charge in [-0.1, -0.05) is 35.8 Å². The van der Waals surface area contributed by atoms with E-state index in [9.17, 15) is 0 Å². The summed E-state index contributed by atoms with van der Waals surface area (Å²) in [6, 6.07) is 10.8. The van der Waals surface area contributed by atoms with Gasteiger partial charge in [-0.05, 0) is 53.8 Å². The predicted octanol–water partition coefficient (Wildman–Crippen LogP) is 5.01. The Morgan fingerprint density at radius 2 is 1.95 bits per heavy atom. The summed E-state index contributed by atoms with van der Waals surface area (Å²) in [7, 11) is 0. The summed E-state index contributed by atoms with van der Waals surface area (Å²) >= 11 is 3.53. The van der Waals surface area contributed by atoms with E-state index in [1.165, 1.54) is 33.5 Å². The van der Waals surface area contributed by atoms with Crippen LogP contribution in [0.2, 0.25) is 0 Å². The summed E-state index contributed by atoms with van der Waals surface area (Å²) in [5.74, 6) is 0.342. The number of aromatic nitrogens is 2. The zero-order chi connectivity index (χ0) is 15.3. The van der Waals surface area contributed by atoms with Crippen molar-refractivity contribution in [2.45, 2.75) is 32.6 Å². The van der Waals surface area contributed by atoms with Crippen molar-refractivity contribution in [2.24, 2.45) is 0 Å². The normalized spacial score (nSPS) is 15.9. The lowest BCUT2D eigenvalue weighted by Gasteiger charge is -2.07. The van der Waals surface area contributed by atoms with E-state index >= 15 is 0 Å². The summed E-state index contributed by atoms with van der Waals surface area (Å²) in [5, 5.41) is 1.20. The highest BCUT2D eigenvalue weighted by atomic mass is 79.9. The molecule has 2 heterocycles. The van der Waals surface area contributed by atoms with E-state index in [4.69, 9.17) is 4.98 Å². The Morgan fingerprint density at radius 3 is 2.73 bits per heavy atom. The predicted molar refractivity (Wildman–Crippen MR) is 93.4 cm³/mol. The molecule has 4 rings (SSSR count). The van der Waals surface area contributed by atoms with Gasteiger partial charge < -0.3 is 0 Å². The van der Waals surface area contributed by atoms with Crippen molar-refractivity contribution in [2.75, 3.05) is 0 Å². The summed E-state index contributed by atoms with van der Waals surface area (Å²) in [6.07, 6.45) is 4.07.